The van der Waals surface area contributed by atoms with Crippen molar-refractivity contribution in [2.45, 2.75) is 24.3 Å². The number of fused-ring (bicyclic) bond motifs is 1. The number of benzene rings is 2. The fourth-order valence-corrected chi connectivity index (χ4v) is 4.96. The monoisotopic (exact) mass is 449 g/mol. The van der Waals surface area contributed by atoms with Gasteiger partial charge in [0.1, 0.15) is 5.75 Å². The number of pyridine rings is 1. The molecule has 2 aromatic heterocycles. The van der Waals surface area contributed by atoms with E-state index in [2.05, 4.69) is 4.98 Å². The van der Waals surface area contributed by atoms with E-state index in [1.807, 2.05) is 60.7 Å². The van der Waals surface area contributed by atoms with Gasteiger partial charge in [-0.05, 0) is 66.3 Å². The van der Waals surface area contributed by atoms with Gasteiger partial charge in [-0.1, -0.05) is 23.5 Å². The van der Waals surface area contributed by atoms with E-state index in [-0.39, 0.29) is 5.91 Å². The number of hydrogen-bond acceptors (Lipinski definition) is 6. The molecule has 0 aliphatic carbocycles. The first kappa shape index (κ1) is 21.3. The van der Waals surface area contributed by atoms with Crippen molar-refractivity contribution in [3.8, 4) is 5.75 Å². The minimum absolute atomic E-state index is 0.0891. The van der Waals surface area contributed by atoms with Crippen LogP contribution in [0.4, 0.5) is 5.13 Å². The van der Waals surface area contributed by atoms with Crippen LogP contribution in [0.5, 0.6) is 5.75 Å². The van der Waals surface area contributed by atoms with E-state index in [1.165, 1.54) is 4.90 Å². The van der Waals surface area contributed by atoms with E-state index < -0.39 is 0 Å². The Hall–Kier alpha value is -2.90. The molecule has 0 aliphatic rings. The molecule has 2 aromatic carbocycles. The van der Waals surface area contributed by atoms with Gasteiger partial charge >= 0.3 is 0 Å². The van der Waals surface area contributed by atoms with E-state index in [9.17, 15) is 4.79 Å². The van der Waals surface area contributed by atoms with E-state index in [0.717, 1.165) is 38.8 Å². The SMILES string of the molecule is COc1ccc(SCCCC(=O)N(Cc2ccncc2)c2nc3ccccc3s2)cc1. The Labute approximate surface area is 190 Å². The van der Waals surface area contributed by atoms with Gasteiger partial charge < -0.3 is 4.74 Å². The molecule has 0 unspecified atom stereocenters. The average Bonchev–Trinajstić information content (AvgIpc) is 3.25. The van der Waals surface area contributed by atoms with Crippen molar-refractivity contribution in [3.05, 3.63) is 78.6 Å². The fourth-order valence-electron chi connectivity index (χ4n) is 3.13. The number of thioether (sulfide) groups is 1. The molecule has 0 spiro atoms. The molecule has 31 heavy (non-hydrogen) atoms. The highest BCUT2D eigenvalue weighted by molar-refractivity contribution is 7.99. The van der Waals surface area contributed by atoms with Gasteiger partial charge in [0.05, 0.1) is 23.9 Å². The Bertz CT molecular complexity index is 1100. The van der Waals surface area contributed by atoms with Gasteiger partial charge in [-0.25, -0.2) is 4.98 Å². The Morgan fingerprint density at radius 1 is 1.06 bits per heavy atom. The lowest BCUT2D eigenvalue weighted by Gasteiger charge is -2.20. The normalized spacial score (nSPS) is 10.9. The quantitative estimate of drug-likeness (QED) is 0.239. The summed E-state index contributed by atoms with van der Waals surface area (Å²) in [6.07, 6.45) is 4.78. The number of hydrogen-bond donors (Lipinski definition) is 0. The van der Waals surface area contributed by atoms with Gasteiger partial charge in [-0.15, -0.1) is 11.8 Å². The van der Waals surface area contributed by atoms with Gasteiger partial charge in [-0.3, -0.25) is 14.7 Å². The zero-order chi connectivity index (χ0) is 21.5. The van der Waals surface area contributed by atoms with Gasteiger partial charge in [-0.2, -0.15) is 0 Å². The number of para-hydroxylation sites is 1. The predicted molar refractivity (Wildman–Crippen MR) is 128 cm³/mol. The number of nitrogens with zero attached hydrogens (tertiary/aromatic N) is 3. The fraction of sp³-hybridized carbons (Fsp3) is 0.208. The summed E-state index contributed by atoms with van der Waals surface area (Å²) < 4.78 is 6.28. The zero-order valence-electron chi connectivity index (χ0n) is 17.2. The largest absolute Gasteiger partial charge is 0.497 e. The maximum atomic E-state index is 13.2. The van der Waals surface area contributed by atoms with E-state index >= 15 is 0 Å². The molecule has 0 atom stereocenters. The number of aromatic nitrogens is 2. The smallest absolute Gasteiger partial charge is 0.229 e. The lowest BCUT2D eigenvalue weighted by molar-refractivity contribution is -0.118. The molecule has 1 amide bonds. The minimum Gasteiger partial charge on any atom is -0.497 e. The highest BCUT2D eigenvalue weighted by Gasteiger charge is 2.20. The molecular weight excluding hydrogens is 426 g/mol. The summed E-state index contributed by atoms with van der Waals surface area (Å²) in [6.45, 7) is 0.493. The van der Waals surface area contributed by atoms with Gasteiger partial charge in [0.2, 0.25) is 5.91 Å². The molecule has 4 rings (SSSR count). The van der Waals surface area contributed by atoms with Crippen molar-refractivity contribution in [2.75, 3.05) is 17.8 Å². The maximum Gasteiger partial charge on any atom is 0.229 e. The molecule has 0 saturated carbocycles. The molecule has 0 bridgehead atoms. The number of ether oxygens (including phenoxy) is 1. The Morgan fingerprint density at radius 2 is 1.84 bits per heavy atom. The average molecular weight is 450 g/mol. The lowest BCUT2D eigenvalue weighted by Crippen LogP contribution is -2.30. The first-order valence-electron chi connectivity index (χ1n) is 10.0. The molecule has 158 valence electrons. The number of rotatable bonds is 9. The van der Waals surface area contributed by atoms with Crippen LogP contribution in [0.25, 0.3) is 10.2 Å². The van der Waals surface area contributed by atoms with Crippen LogP contribution < -0.4 is 9.64 Å². The van der Waals surface area contributed by atoms with Crippen molar-refractivity contribution in [1.29, 1.82) is 0 Å². The summed E-state index contributed by atoms with van der Waals surface area (Å²) in [4.78, 5) is 24.9. The van der Waals surface area contributed by atoms with Crippen LogP contribution in [0.3, 0.4) is 0 Å². The Kier molecular flexibility index (Phi) is 7.17. The molecule has 7 heteroatoms. The van der Waals surface area contributed by atoms with Crippen molar-refractivity contribution >= 4 is 44.4 Å². The van der Waals surface area contributed by atoms with E-state index in [1.54, 1.807) is 47.5 Å². The zero-order valence-corrected chi connectivity index (χ0v) is 18.9. The summed E-state index contributed by atoms with van der Waals surface area (Å²) in [5, 5.41) is 0.741. The lowest BCUT2D eigenvalue weighted by atomic mass is 10.2. The number of methoxy groups -OCH3 is 1. The van der Waals surface area contributed by atoms with Crippen LogP contribution in [0, 0.1) is 0 Å². The van der Waals surface area contributed by atoms with Crippen molar-refractivity contribution < 1.29 is 9.53 Å². The van der Waals surface area contributed by atoms with E-state index in [4.69, 9.17) is 9.72 Å². The summed E-state index contributed by atoms with van der Waals surface area (Å²) >= 11 is 3.30. The second-order valence-electron chi connectivity index (χ2n) is 6.93. The number of carbonyl (C=O) groups excluding carboxylic acids is 1. The topological polar surface area (TPSA) is 55.3 Å². The van der Waals surface area contributed by atoms with Crippen LogP contribution in [0.15, 0.2) is 78.0 Å². The van der Waals surface area contributed by atoms with Crippen LogP contribution >= 0.6 is 23.1 Å². The van der Waals surface area contributed by atoms with Crippen molar-refractivity contribution in [1.82, 2.24) is 9.97 Å². The summed E-state index contributed by atoms with van der Waals surface area (Å²) in [6, 6.07) is 19.9. The number of thiazole rings is 1. The molecule has 0 aliphatic heterocycles. The second kappa shape index (κ2) is 10.4. The van der Waals surface area contributed by atoms with Gasteiger partial charge in [0, 0.05) is 23.7 Å². The summed E-state index contributed by atoms with van der Waals surface area (Å²) in [5.41, 5.74) is 1.96. The molecule has 0 radical (unpaired) electrons. The molecule has 0 saturated heterocycles. The van der Waals surface area contributed by atoms with Crippen LogP contribution in [-0.4, -0.2) is 28.7 Å². The maximum absolute atomic E-state index is 13.2. The van der Waals surface area contributed by atoms with Crippen LogP contribution in [0.1, 0.15) is 18.4 Å². The summed E-state index contributed by atoms with van der Waals surface area (Å²) in [5.74, 6) is 1.81. The minimum atomic E-state index is 0.0891. The highest BCUT2D eigenvalue weighted by atomic mass is 32.2. The third kappa shape index (κ3) is 5.62. The Balaban J connectivity index is 1.42. The van der Waals surface area contributed by atoms with Gasteiger partial charge in [0.15, 0.2) is 5.13 Å². The van der Waals surface area contributed by atoms with Crippen molar-refractivity contribution in [2.24, 2.45) is 0 Å². The third-order valence-corrected chi connectivity index (χ3v) is 6.93. The Morgan fingerprint density at radius 3 is 2.58 bits per heavy atom. The molecule has 0 N–H and O–H groups in total. The van der Waals surface area contributed by atoms with E-state index in [0.29, 0.717) is 13.0 Å². The molecule has 4 aromatic rings. The molecule has 5 nitrogen and oxygen atoms in total. The van der Waals surface area contributed by atoms with Crippen LogP contribution in [0.2, 0.25) is 0 Å². The van der Waals surface area contributed by atoms with Gasteiger partial charge in [0.25, 0.3) is 0 Å². The first-order valence-corrected chi connectivity index (χ1v) is 11.8. The van der Waals surface area contributed by atoms with Crippen LogP contribution in [-0.2, 0) is 11.3 Å². The molecule has 0 fully saturated rings. The standard InChI is InChI=1S/C24H23N3O2S2/c1-29-19-8-10-20(11-9-19)30-16-4-7-23(28)27(17-18-12-14-25-15-13-18)24-26-21-5-2-3-6-22(21)31-24/h2-3,5-6,8-15H,4,7,16-17H2,1H3. The number of carbonyl (C=O) groups is 1. The summed E-state index contributed by atoms with van der Waals surface area (Å²) in [7, 11) is 1.66. The number of amides is 1. The third-order valence-electron chi connectivity index (χ3n) is 4.77. The number of anilines is 1. The van der Waals surface area contributed by atoms with Crippen molar-refractivity contribution in [3.63, 3.8) is 0 Å². The predicted octanol–water partition coefficient (Wildman–Crippen LogP) is 5.81. The second-order valence-corrected chi connectivity index (χ2v) is 9.10. The first-order chi connectivity index (χ1) is 15.2. The molecule has 2 heterocycles. The highest BCUT2D eigenvalue weighted by Crippen LogP contribution is 2.30. The molecular formula is C24H23N3O2S2.